The van der Waals surface area contributed by atoms with Gasteiger partial charge in [-0.3, -0.25) is 0 Å². The Morgan fingerprint density at radius 1 is 1.13 bits per heavy atom. The molecule has 3 nitrogen and oxygen atoms in total. The van der Waals surface area contributed by atoms with Crippen molar-refractivity contribution in [1.82, 2.24) is 4.90 Å². The summed E-state index contributed by atoms with van der Waals surface area (Å²) >= 11 is 1.82. The molecule has 3 rings (SSSR count). The highest BCUT2D eigenvalue weighted by atomic mass is 32.2. The summed E-state index contributed by atoms with van der Waals surface area (Å²) in [6.07, 6.45) is 0. The minimum absolute atomic E-state index is 0.0286. The number of thioether (sulfide) groups is 1. The summed E-state index contributed by atoms with van der Waals surface area (Å²) in [5.41, 5.74) is 3.36. The minimum atomic E-state index is -0.0286. The Labute approximate surface area is 142 Å². The largest absolute Gasteiger partial charge is 0.323 e. The third-order valence-corrected chi connectivity index (χ3v) is 5.33. The Morgan fingerprint density at radius 2 is 1.83 bits per heavy atom. The lowest BCUT2D eigenvalue weighted by atomic mass is 10.0. The lowest BCUT2D eigenvalue weighted by molar-refractivity contribution is 0.214. The van der Waals surface area contributed by atoms with E-state index in [2.05, 4.69) is 43.4 Å². The van der Waals surface area contributed by atoms with E-state index in [0.717, 1.165) is 18.0 Å². The molecule has 1 saturated heterocycles. The molecular weight excluding hydrogens is 304 g/mol. The molecule has 0 bridgehead atoms. The fraction of sp³-hybridized carbons (Fsp3) is 0.316. The van der Waals surface area contributed by atoms with E-state index in [9.17, 15) is 4.79 Å². The summed E-state index contributed by atoms with van der Waals surface area (Å²) < 4.78 is 0. The quantitative estimate of drug-likeness (QED) is 0.852. The summed E-state index contributed by atoms with van der Waals surface area (Å²) in [7, 11) is 0. The molecule has 1 aliphatic heterocycles. The molecule has 23 heavy (non-hydrogen) atoms. The lowest BCUT2D eigenvalue weighted by Crippen LogP contribution is -2.34. The van der Waals surface area contributed by atoms with Crippen molar-refractivity contribution in [3.8, 4) is 0 Å². The van der Waals surface area contributed by atoms with E-state index in [4.69, 9.17) is 0 Å². The van der Waals surface area contributed by atoms with Crippen LogP contribution in [0.5, 0.6) is 0 Å². The maximum atomic E-state index is 12.6. The molecule has 0 aliphatic carbocycles. The molecular formula is C19H22N2OS. The van der Waals surface area contributed by atoms with Crippen molar-refractivity contribution in [3.05, 3.63) is 65.7 Å². The van der Waals surface area contributed by atoms with Crippen molar-refractivity contribution in [3.63, 3.8) is 0 Å². The van der Waals surface area contributed by atoms with E-state index in [-0.39, 0.29) is 11.4 Å². The second kappa shape index (κ2) is 7.09. The first kappa shape index (κ1) is 15.9. The van der Waals surface area contributed by atoms with Gasteiger partial charge in [-0.15, -0.1) is 11.8 Å². The number of hydrogen-bond acceptors (Lipinski definition) is 2. The van der Waals surface area contributed by atoms with Gasteiger partial charge < -0.3 is 10.2 Å². The molecule has 2 aromatic carbocycles. The van der Waals surface area contributed by atoms with E-state index >= 15 is 0 Å². The maximum Gasteiger partial charge on any atom is 0.323 e. The standard InChI is InChI=1S/C19H22N2OS/c1-14(2)15-8-10-16(11-9-15)18-21(12-13-23-18)19(22)20-17-6-4-3-5-7-17/h3-11,14,18H,12-13H2,1-2H3,(H,20,22). The first-order valence-corrected chi connectivity index (χ1v) is 9.04. The molecule has 1 aliphatic rings. The number of nitrogens with zero attached hydrogens (tertiary/aromatic N) is 1. The number of nitrogens with one attached hydrogen (secondary N) is 1. The number of rotatable bonds is 3. The predicted molar refractivity (Wildman–Crippen MR) is 97.9 cm³/mol. The van der Waals surface area contributed by atoms with E-state index in [1.165, 1.54) is 11.1 Å². The number of para-hydroxylation sites is 1. The van der Waals surface area contributed by atoms with Gasteiger partial charge in [0.15, 0.2) is 0 Å². The Bertz CT molecular complexity index is 655. The third kappa shape index (κ3) is 3.70. The second-order valence-corrected chi connectivity index (χ2v) is 7.22. The molecule has 1 unspecified atom stereocenters. The van der Waals surface area contributed by atoms with E-state index in [1.54, 1.807) is 0 Å². The second-order valence-electron chi connectivity index (χ2n) is 6.03. The van der Waals surface area contributed by atoms with Gasteiger partial charge in [0, 0.05) is 18.0 Å². The van der Waals surface area contributed by atoms with Gasteiger partial charge in [0.05, 0.1) is 0 Å². The van der Waals surface area contributed by atoms with Crippen LogP contribution in [0.15, 0.2) is 54.6 Å². The Kier molecular flexibility index (Phi) is 4.91. The van der Waals surface area contributed by atoms with Gasteiger partial charge in [-0.05, 0) is 29.2 Å². The van der Waals surface area contributed by atoms with Gasteiger partial charge in [-0.1, -0.05) is 56.3 Å². The van der Waals surface area contributed by atoms with Crippen molar-refractivity contribution in [2.45, 2.75) is 25.1 Å². The highest BCUT2D eigenvalue weighted by Gasteiger charge is 2.30. The summed E-state index contributed by atoms with van der Waals surface area (Å²) in [5.74, 6) is 1.50. The zero-order valence-corrected chi connectivity index (χ0v) is 14.3. The van der Waals surface area contributed by atoms with Crippen molar-refractivity contribution in [2.24, 2.45) is 0 Å². The topological polar surface area (TPSA) is 32.3 Å². The summed E-state index contributed by atoms with van der Waals surface area (Å²) in [6.45, 7) is 5.16. The van der Waals surface area contributed by atoms with Crippen LogP contribution in [0.25, 0.3) is 0 Å². The van der Waals surface area contributed by atoms with Crippen LogP contribution in [0.2, 0.25) is 0 Å². The monoisotopic (exact) mass is 326 g/mol. The smallest absolute Gasteiger partial charge is 0.308 e. The number of carbonyl (C=O) groups is 1. The van der Waals surface area contributed by atoms with E-state index in [0.29, 0.717) is 5.92 Å². The van der Waals surface area contributed by atoms with Gasteiger partial charge in [-0.25, -0.2) is 4.79 Å². The Balaban J connectivity index is 1.73. The molecule has 120 valence electrons. The molecule has 2 amide bonds. The van der Waals surface area contributed by atoms with Crippen LogP contribution < -0.4 is 5.32 Å². The summed E-state index contributed by atoms with van der Waals surface area (Å²) in [6, 6.07) is 18.2. The van der Waals surface area contributed by atoms with Crippen LogP contribution in [0.1, 0.15) is 36.3 Å². The molecule has 0 spiro atoms. The minimum Gasteiger partial charge on any atom is -0.308 e. The average molecular weight is 326 g/mol. The lowest BCUT2D eigenvalue weighted by Gasteiger charge is -2.24. The van der Waals surface area contributed by atoms with E-state index in [1.807, 2.05) is 47.0 Å². The number of hydrogen-bond donors (Lipinski definition) is 1. The Morgan fingerprint density at radius 3 is 2.48 bits per heavy atom. The van der Waals surface area contributed by atoms with Crippen molar-refractivity contribution in [1.29, 1.82) is 0 Å². The third-order valence-electron chi connectivity index (χ3n) is 4.07. The van der Waals surface area contributed by atoms with Gasteiger partial charge in [0.25, 0.3) is 0 Å². The number of benzene rings is 2. The highest BCUT2D eigenvalue weighted by Crippen LogP contribution is 2.38. The molecule has 0 saturated carbocycles. The number of amides is 2. The van der Waals surface area contributed by atoms with Gasteiger partial charge >= 0.3 is 6.03 Å². The first-order chi connectivity index (χ1) is 11.1. The average Bonchev–Trinajstić information content (AvgIpc) is 3.05. The molecule has 0 aromatic heterocycles. The summed E-state index contributed by atoms with van der Waals surface area (Å²) in [4.78, 5) is 14.5. The maximum absolute atomic E-state index is 12.6. The first-order valence-electron chi connectivity index (χ1n) is 7.99. The fourth-order valence-electron chi connectivity index (χ4n) is 2.72. The van der Waals surface area contributed by atoms with Crippen LogP contribution in [0.4, 0.5) is 10.5 Å². The predicted octanol–water partition coefficient (Wildman–Crippen LogP) is 5.09. The van der Waals surface area contributed by atoms with Crippen LogP contribution >= 0.6 is 11.8 Å². The van der Waals surface area contributed by atoms with Crippen LogP contribution in [-0.4, -0.2) is 23.2 Å². The van der Waals surface area contributed by atoms with E-state index < -0.39 is 0 Å². The summed E-state index contributed by atoms with van der Waals surface area (Å²) in [5, 5.41) is 3.08. The van der Waals surface area contributed by atoms with Gasteiger partial charge in [0.2, 0.25) is 0 Å². The van der Waals surface area contributed by atoms with Crippen LogP contribution in [0.3, 0.4) is 0 Å². The number of anilines is 1. The van der Waals surface area contributed by atoms with Gasteiger partial charge in [0.1, 0.15) is 5.37 Å². The Hall–Kier alpha value is -1.94. The van der Waals surface area contributed by atoms with Crippen LogP contribution in [-0.2, 0) is 0 Å². The molecule has 1 N–H and O–H groups in total. The van der Waals surface area contributed by atoms with Crippen molar-refractivity contribution < 1.29 is 4.79 Å². The van der Waals surface area contributed by atoms with Gasteiger partial charge in [-0.2, -0.15) is 0 Å². The number of carbonyl (C=O) groups excluding carboxylic acids is 1. The molecule has 1 fully saturated rings. The van der Waals surface area contributed by atoms with Crippen LogP contribution in [0, 0.1) is 0 Å². The molecule has 2 aromatic rings. The van der Waals surface area contributed by atoms with Crippen molar-refractivity contribution >= 4 is 23.5 Å². The molecule has 1 atom stereocenters. The fourth-order valence-corrected chi connectivity index (χ4v) is 3.97. The van der Waals surface area contributed by atoms with Crippen molar-refractivity contribution in [2.75, 3.05) is 17.6 Å². The highest BCUT2D eigenvalue weighted by molar-refractivity contribution is 7.99. The zero-order valence-electron chi connectivity index (χ0n) is 13.5. The number of urea groups is 1. The molecule has 0 radical (unpaired) electrons. The zero-order chi connectivity index (χ0) is 16.2. The molecule has 1 heterocycles. The SMILES string of the molecule is CC(C)c1ccc(C2SCCN2C(=O)Nc2ccccc2)cc1. The molecule has 4 heteroatoms. The normalized spacial score (nSPS) is 17.5.